The van der Waals surface area contributed by atoms with Gasteiger partial charge in [-0.1, -0.05) is 6.07 Å². The highest BCUT2D eigenvalue weighted by molar-refractivity contribution is 9.10. The number of aliphatic hydroxyl groups excluding tert-OH is 1. The fraction of sp³-hybridized carbons (Fsp3) is 0.455. The van der Waals surface area contributed by atoms with E-state index in [1.807, 2.05) is 0 Å². The minimum absolute atomic E-state index is 0.151. The van der Waals surface area contributed by atoms with Gasteiger partial charge in [-0.05, 0) is 46.5 Å². The third-order valence-electron chi connectivity index (χ3n) is 2.60. The van der Waals surface area contributed by atoms with Crippen molar-refractivity contribution in [2.24, 2.45) is 0 Å². The molecular weight excluding hydrogens is 263 g/mol. The van der Waals surface area contributed by atoms with Crippen LogP contribution in [0.15, 0.2) is 22.7 Å². The van der Waals surface area contributed by atoms with E-state index in [0.29, 0.717) is 16.6 Å². The van der Waals surface area contributed by atoms with E-state index >= 15 is 0 Å². The Morgan fingerprint density at radius 2 is 2.33 bits per heavy atom. The monoisotopic (exact) mass is 274 g/mol. The highest BCUT2D eigenvalue weighted by atomic mass is 79.9. The third kappa shape index (κ3) is 2.38. The normalized spacial score (nSPS) is 23.0. The van der Waals surface area contributed by atoms with E-state index in [0.717, 1.165) is 12.8 Å². The molecule has 15 heavy (non-hydrogen) atoms. The summed E-state index contributed by atoms with van der Waals surface area (Å²) in [5.41, 5.74) is 0.690. The molecule has 0 aromatic heterocycles. The van der Waals surface area contributed by atoms with Crippen molar-refractivity contribution in [2.45, 2.75) is 25.0 Å². The van der Waals surface area contributed by atoms with Gasteiger partial charge in [0.05, 0.1) is 10.6 Å². The molecule has 0 amide bonds. The summed E-state index contributed by atoms with van der Waals surface area (Å²) in [5, 5.41) is 9.97. The average molecular weight is 275 g/mol. The molecule has 2 atom stereocenters. The van der Waals surface area contributed by atoms with Gasteiger partial charge in [0.2, 0.25) is 0 Å². The van der Waals surface area contributed by atoms with Gasteiger partial charge in [0.25, 0.3) is 0 Å². The van der Waals surface area contributed by atoms with Gasteiger partial charge >= 0.3 is 0 Å². The summed E-state index contributed by atoms with van der Waals surface area (Å²) in [7, 11) is 0. The minimum Gasteiger partial charge on any atom is -0.386 e. The van der Waals surface area contributed by atoms with Crippen molar-refractivity contribution >= 4 is 15.9 Å². The number of halogens is 2. The molecule has 2 nitrogen and oxygen atoms in total. The molecule has 1 fully saturated rings. The van der Waals surface area contributed by atoms with Crippen LogP contribution in [0.4, 0.5) is 4.39 Å². The summed E-state index contributed by atoms with van der Waals surface area (Å²) in [6.07, 6.45) is 1.02. The zero-order valence-corrected chi connectivity index (χ0v) is 9.71. The number of hydrogen-bond acceptors (Lipinski definition) is 2. The maximum Gasteiger partial charge on any atom is 0.137 e. The molecule has 1 aliphatic heterocycles. The molecule has 1 aromatic rings. The van der Waals surface area contributed by atoms with Crippen LogP contribution in [0.25, 0.3) is 0 Å². The highest BCUT2D eigenvalue weighted by Crippen LogP contribution is 2.29. The lowest BCUT2D eigenvalue weighted by molar-refractivity contribution is -0.00264. The summed E-state index contributed by atoms with van der Waals surface area (Å²) in [6.45, 7) is 0.699. The molecule has 0 saturated carbocycles. The molecule has 0 bridgehead atoms. The molecule has 82 valence electrons. The first-order valence-electron chi connectivity index (χ1n) is 4.93. The Labute approximate surface area is 96.2 Å². The highest BCUT2D eigenvalue weighted by Gasteiger charge is 2.25. The lowest BCUT2D eigenvalue weighted by Gasteiger charge is -2.17. The van der Waals surface area contributed by atoms with E-state index < -0.39 is 6.10 Å². The second-order valence-electron chi connectivity index (χ2n) is 3.67. The number of ether oxygens (including phenoxy) is 1. The van der Waals surface area contributed by atoms with E-state index in [1.165, 1.54) is 6.07 Å². The van der Waals surface area contributed by atoms with Crippen molar-refractivity contribution < 1.29 is 14.2 Å². The van der Waals surface area contributed by atoms with Gasteiger partial charge in [-0.2, -0.15) is 0 Å². The summed E-state index contributed by atoms with van der Waals surface area (Å²) < 4.78 is 18.7. The fourth-order valence-corrected chi connectivity index (χ4v) is 2.16. The van der Waals surface area contributed by atoms with E-state index in [9.17, 15) is 9.50 Å². The van der Waals surface area contributed by atoms with E-state index in [-0.39, 0.29) is 11.9 Å². The molecule has 0 aliphatic carbocycles. The van der Waals surface area contributed by atoms with Crippen molar-refractivity contribution in [3.8, 4) is 0 Å². The first kappa shape index (κ1) is 11.0. The molecule has 1 aliphatic rings. The Hall–Kier alpha value is -0.450. The van der Waals surface area contributed by atoms with Gasteiger partial charge in [0.15, 0.2) is 0 Å². The molecule has 0 spiro atoms. The van der Waals surface area contributed by atoms with Gasteiger partial charge < -0.3 is 9.84 Å². The molecule has 4 heteroatoms. The van der Waals surface area contributed by atoms with Gasteiger partial charge in [-0.3, -0.25) is 0 Å². The Morgan fingerprint density at radius 3 is 2.93 bits per heavy atom. The number of hydrogen-bond donors (Lipinski definition) is 1. The molecule has 1 aromatic carbocycles. The third-order valence-corrected chi connectivity index (χ3v) is 3.21. The standard InChI is InChI=1S/C11H12BrFO2/c12-8-6-7(3-4-9(8)13)11(14)10-2-1-5-15-10/h3-4,6,10-11,14H,1-2,5H2. The number of aliphatic hydroxyl groups is 1. The summed E-state index contributed by atoms with van der Waals surface area (Å²) in [4.78, 5) is 0. The summed E-state index contributed by atoms with van der Waals surface area (Å²) in [6, 6.07) is 4.53. The zero-order valence-electron chi connectivity index (χ0n) is 8.12. The van der Waals surface area contributed by atoms with Crippen LogP contribution in [0.3, 0.4) is 0 Å². The van der Waals surface area contributed by atoms with E-state index in [1.54, 1.807) is 12.1 Å². The van der Waals surface area contributed by atoms with Crippen molar-refractivity contribution in [1.82, 2.24) is 0 Å². The lowest BCUT2D eigenvalue weighted by Crippen LogP contribution is -2.17. The lowest BCUT2D eigenvalue weighted by atomic mass is 10.0. The first-order chi connectivity index (χ1) is 7.18. The van der Waals surface area contributed by atoms with Crippen molar-refractivity contribution in [1.29, 1.82) is 0 Å². The maximum atomic E-state index is 13.0. The number of benzene rings is 1. The zero-order chi connectivity index (χ0) is 10.8. The molecule has 2 unspecified atom stereocenters. The Morgan fingerprint density at radius 1 is 1.53 bits per heavy atom. The Bertz CT molecular complexity index is 350. The Kier molecular flexibility index (Phi) is 3.38. The topological polar surface area (TPSA) is 29.5 Å². The predicted molar refractivity (Wildman–Crippen MR) is 58.0 cm³/mol. The van der Waals surface area contributed by atoms with Crippen LogP contribution < -0.4 is 0 Å². The Balaban J connectivity index is 2.17. The van der Waals surface area contributed by atoms with Crippen LogP contribution in [-0.2, 0) is 4.74 Å². The van der Waals surface area contributed by atoms with Crippen molar-refractivity contribution in [3.63, 3.8) is 0 Å². The SMILES string of the molecule is OC(c1ccc(F)c(Br)c1)C1CCCO1. The summed E-state index contributed by atoms with van der Waals surface area (Å²) >= 11 is 3.10. The van der Waals surface area contributed by atoms with Gasteiger partial charge in [-0.15, -0.1) is 0 Å². The van der Waals surface area contributed by atoms with Crippen LogP contribution >= 0.6 is 15.9 Å². The van der Waals surface area contributed by atoms with Crippen molar-refractivity contribution in [2.75, 3.05) is 6.61 Å². The first-order valence-corrected chi connectivity index (χ1v) is 5.72. The quantitative estimate of drug-likeness (QED) is 0.899. The molecule has 1 N–H and O–H groups in total. The predicted octanol–water partition coefficient (Wildman–Crippen LogP) is 2.80. The van der Waals surface area contributed by atoms with Crippen LogP contribution in [0.5, 0.6) is 0 Å². The second-order valence-corrected chi connectivity index (χ2v) is 4.52. The van der Waals surface area contributed by atoms with E-state index in [4.69, 9.17) is 4.74 Å². The van der Waals surface area contributed by atoms with Crippen LogP contribution in [0.2, 0.25) is 0 Å². The largest absolute Gasteiger partial charge is 0.386 e. The maximum absolute atomic E-state index is 13.0. The average Bonchev–Trinajstić information content (AvgIpc) is 2.74. The van der Waals surface area contributed by atoms with Crippen LogP contribution in [0, 0.1) is 5.82 Å². The second kappa shape index (κ2) is 4.60. The van der Waals surface area contributed by atoms with Gasteiger partial charge in [0.1, 0.15) is 11.9 Å². The molecule has 0 radical (unpaired) electrons. The summed E-state index contributed by atoms with van der Waals surface area (Å²) in [5.74, 6) is -0.321. The number of rotatable bonds is 2. The molecular formula is C11H12BrFO2. The fourth-order valence-electron chi connectivity index (χ4n) is 1.76. The smallest absolute Gasteiger partial charge is 0.137 e. The molecule has 2 rings (SSSR count). The van der Waals surface area contributed by atoms with Crippen LogP contribution in [-0.4, -0.2) is 17.8 Å². The van der Waals surface area contributed by atoms with Crippen molar-refractivity contribution in [3.05, 3.63) is 34.1 Å². The van der Waals surface area contributed by atoms with E-state index in [2.05, 4.69) is 15.9 Å². The molecule has 1 saturated heterocycles. The van der Waals surface area contributed by atoms with Gasteiger partial charge in [0, 0.05) is 6.61 Å². The van der Waals surface area contributed by atoms with Crippen LogP contribution in [0.1, 0.15) is 24.5 Å². The minimum atomic E-state index is -0.663. The van der Waals surface area contributed by atoms with Gasteiger partial charge in [-0.25, -0.2) is 4.39 Å². The molecule has 1 heterocycles.